The van der Waals surface area contributed by atoms with E-state index in [1.54, 1.807) is 12.1 Å². The third-order valence-corrected chi connectivity index (χ3v) is 7.01. The number of fused-ring (bicyclic) bond motifs is 1. The maximum absolute atomic E-state index is 11.6. The number of nitrogens with zero attached hydrogens (tertiary/aromatic N) is 8. The van der Waals surface area contributed by atoms with E-state index in [-0.39, 0.29) is 17.7 Å². The average molecular weight is 536 g/mol. The number of carbonyl (C=O) groups excluding carboxylic acids is 1. The van der Waals surface area contributed by atoms with E-state index >= 15 is 0 Å². The smallest absolute Gasteiger partial charge is 0.406 e. The fraction of sp³-hybridized carbons (Fsp3) is 0.417. The lowest BCUT2D eigenvalue weighted by Gasteiger charge is -2.41. The van der Waals surface area contributed by atoms with Gasteiger partial charge in [0, 0.05) is 38.3 Å². The van der Waals surface area contributed by atoms with Crippen LogP contribution in [0.5, 0.6) is 0 Å². The number of hydrogen-bond donors (Lipinski definition) is 3. The van der Waals surface area contributed by atoms with Crippen molar-refractivity contribution in [1.82, 2.24) is 29.8 Å². The van der Waals surface area contributed by atoms with E-state index < -0.39 is 6.09 Å². The minimum Gasteiger partial charge on any atom is -0.453 e. The summed E-state index contributed by atoms with van der Waals surface area (Å²) in [5.41, 5.74) is 2.28. The van der Waals surface area contributed by atoms with E-state index in [1.807, 2.05) is 7.05 Å². The van der Waals surface area contributed by atoms with Crippen molar-refractivity contribution >= 4 is 46.5 Å². The molecule has 13 nitrogen and oxygen atoms in total. The molecule has 1 amide bonds. The van der Waals surface area contributed by atoms with Crippen molar-refractivity contribution in [3.8, 4) is 12.1 Å². The zero-order valence-corrected chi connectivity index (χ0v) is 21.7. The van der Waals surface area contributed by atoms with Gasteiger partial charge in [-0.25, -0.2) is 9.78 Å². The van der Waals surface area contributed by atoms with Gasteiger partial charge in [-0.2, -0.15) is 20.0 Å². The van der Waals surface area contributed by atoms with Gasteiger partial charge in [0.05, 0.1) is 41.3 Å². The number of carbonyl (C=O) groups is 1. The number of ether oxygens (including phenoxy) is 1. The van der Waals surface area contributed by atoms with Gasteiger partial charge >= 0.3 is 6.09 Å². The molecule has 1 aliphatic heterocycles. The van der Waals surface area contributed by atoms with Crippen LogP contribution in [0.2, 0.25) is 5.02 Å². The summed E-state index contributed by atoms with van der Waals surface area (Å²) in [5.74, 6) is 0.718. The fourth-order valence-electron chi connectivity index (χ4n) is 4.30. The number of aromatic nitrogens is 4. The molecule has 5 rings (SSSR count). The zero-order valence-electron chi connectivity index (χ0n) is 20.9. The van der Waals surface area contributed by atoms with Gasteiger partial charge in [0.25, 0.3) is 0 Å². The van der Waals surface area contributed by atoms with Gasteiger partial charge < -0.3 is 25.6 Å². The Labute approximate surface area is 223 Å². The molecule has 0 radical (unpaired) electrons. The highest BCUT2D eigenvalue weighted by atomic mass is 35.5. The Morgan fingerprint density at radius 3 is 2.79 bits per heavy atom. The monoisotopic (exact) mass is 535 g/mol. The number of methoxy groups -OCH3 is 1. The lowest BCUT2D eigenvalue weighted by atomic mass is 10.1. The summed E-state index contributed by atoms with van der Waals surface area (Å²) in [6.07, 6.45) is 3.03. The van der Waals surface area contributed by atoms with E-state index in [2.05, 4.69) is 53.0 Å². The Kier molecular flexibility index (Phi) is 7.05. The first-order valence-corrected chi connectivity index (χ1v) is 12.5. The maximum atomic E-state index is 11.6. The Morgan fingerprint density at radius 1 is 1.26 bits per heavy atom. The van der Waals surface area contributed by atoms with E-state index in [1.165, 1.54) is 17.8 Å². The number of halogens is 1. The lowest BCUT2D eigenvalue weighted by Crippen LogP contribution is -2.55. The molecule has 2 fully saturated rings. The summed E-state index contributed by atoms with van der Waals surface area (Å²) >= 11 is 6.89. The number of imidazole rings is 1. The molecule has 1 aliphatic carbocycles. The van der Waals surface area contributed by atoms with E-state index in [9.17, 15) is 15.3 Å². The maximum Gasteiger partial charge on any atom is 0.406 e. The van der Waals surface area contributed by atoms with Crippen LogP contribution in [0.25, 0.3) is 5.65 Å². The van der Waals surface area contributed by atoms with E-state index in [0.29, 0.717) is 59.1 Å². The van der Waals surface area contributed by atoms with Crippen LogP contribution in [-0.2, 0) is 4.74 Å². The zero-order chi connectivity index (χ0) is 26.8. The Balaban J connectivity index is 1.46. The summed E-state index contributed by atoms with van der Waals surface area (Å²) < 4.78 is 6.12. The second-order valence-electron chi connectivity index (χ2n) is 9.24. The predicted molar refractivity (Wildman–Crippen MR) is 141 cm³/mol. The number of amides is 1. The van der Waals surface area contributed by atoms with Crippen LogP contribution in [-0.4, -0.2) is 83.0 Å². The van der Waals surface area contributed by atoms with Crippen LogP contribution in [0, 0.1) is 22.7 Å². The molecule has 3 N–H and O–H groups in total. The predicted octanol–water partition coefficient (Wildman–Crippen LogP) is 2.32. The first-order valence-electron chi connectivity index (χ1n) is 12.1. The van der Waals surface area contributed by atoms with Crippen LogP contribution in [0.3, 0.4) is 0 Å². The topological polar surface area (TPSA) is 160 Å². The molecule has 14 heteroatoms. The molecule has 1 aromatic carbocycles. The van der Waals surface area contributed by atoms with Gasteiger partial charge in [-0.1, -0.05) is 11.6 Å². The third kappa shape index (κ3) is 5.20. The van der Waals surface area contributed by atoms with E-state index in [0.717, 1.165) is 19.4 Å². The number of nitrogens with one attached hydrogen (secondary N) is 3. The van der Waals surface area contributed by atoms with Gasteiger partial charge in [0.1, 0.15) is 6.07 Å². The molecule has 2 aromatic heterocycles. The van der Waals surface area contributed by atoms with Crippen molar-refractivity contribution < 1.29 is 9.53 Å². The summed E-state index contributed by atoms with van der Waals surface area (Å²) in [5, 5.41) is 33.3. The van der Waals surface area contributed by atoms with Crippen LogP contribution in [0.15, 0.2) is 18.3 Å². The van der Waals surface area contributed by atoms with Crippen LogP contribution in [0.4, 0.5) is 27.9 Å². The lowest BCUT2D eigenvalue weighted by molar-refractivity contribution is 0.161. The summed E-state index contributed by atoms with van der Waals surface area (Å²) in [6.45, 7) is 2.39. The van der Waals surface area contributed by atoms with Gasteiger partial charge in [0.2, 0.25) is 5.95 Å². The number of anilines is 4. The molecule has 1 saturated carbocycles. The molecule has 1 saturated heterocycles. The molecule has 0 bridgehead atoms. The highest BCUT2D eigenvalue weighted by Gasteiger charge is 2.28. The number of nitriles is 2. The second kappa shape index (κ2) is 10.6. The summed E-state index contributed by atoms with van der Waals surface area (Å²) in [4.78, 5) is 24.7. The molecule has 1 atom stereocenters. The van der Waals surface area contributed by atoms with Crippen molar-refractivity contribution in [2.75, 3.05) is 55.9 Å². The molecular weight excluding hydrogens is 510 g/mol. The van der Waals surface area contributed by atoms with Crippen molar-refractivity contribution in [3.63, 3.8) is 0 Å². The normalized spacial score (nSPS) is 17.5. The standard InChI is InChI=1S/C24H26ClN11O2/c1-34-5-6-35(13-17(34)12-29-24(37)38-2)19-8-14(9-26)7-18(20(19)25)31-23-32-21(30-15-3-4-15)22-28-11-16(10-27)36(22)33-23/h7-8,11,15,17H,3-6,12-13H2,1-2H3,(H,29,37)(H2,30,31,32,33). The molecule has 3 heterocycles. The highest BCUT2D eigenvalue weighted by Crippen LogP contribution is 2.37. The molecule has 1 unspecified atom stereocenters. The second-order valence-corrected chi connectivity index (χ2v) is 9.62. The molecule has 196 valence electrons. The quantitative estimate of drug-likeness (QED) is 0.407. The summed E-state index contributed by atoms with van der Waals surface area (Å²) in [6, 6.07) is 7.98. The fourth-order valence-corrected chi connectivity index (χ4v) is 4.58. The molecule has 2 aliphatic rings. The largest absolute Gasteiger partial charge is 0.453 e. The Morgan fingerprint density at radius 2 is 2.08 bits per heavy atom. The molecule has 3 aromatic rings. The first kappa shape index (κ1) is 25.3. The van der Waals surface area contributed by atoms with Crippen LogP contribution < -0.4 is 20.9 Å². The van der Waals surface area contributed by atoms with Crippen LogP contribution in [0.1, 0.15) is 24.1 Å². The van der Waals surface area contributed by atoms with Crippen molar-refractivity contribution in [2.24, 2.45) is 0 Å². The highest BCUT2D eigenvalue weighted by molar-refractivity contribution is 6.36. The number of hydrogen-bond acceptors (Lipinski definition) is 11. The molecule has 38 heavy (non-hydrogen) atoms. The number of rotatable bonds is 7. The van der Waals surface area contributed by atoms with E-state index in [4.69, 9.17) is 16.3 Å². The number of likely N-dealkylation sites (N-methyl/N-ethyl adjacent to an activating group) is 1. The SMILES string of the molecule is COC(=O)NCC1CN(c2cc(C#N)cc(Nc3nc(NC4CC4)c4ncc(C#N)n4n3)c2Cl)CCN1C. The molecule has 0 spiro atoms. The van der Waals surface area contributed by atoms with Crippen molar-refractivity contribution in [2.45, 2.75) is 24.9 Å². The van der Waals surface area contributed by atoms with Crippen molar-refractivity contribution in [3.05, 3.63) is 34.6 Å². The van der Waals surface area contributed by atoms with Gasteiger partial charge in [-0.3, -0.25) is 4.90 Å². The number of alkyl carbamates (subject to hydrolysis) is 1. The first-order chi connectivity index (χ1) is 18.4. The van der Waals surface area contributed by atoms with Crippen molar-refractivity contribution in [1.29, 1.82) is 10.5 Å². The van der Waals surface area contributed by atoms with Gasteiger partial charge in [0.15, 0.2) is 17.2 Å². The minimum atomic E-state index is -0.489. The van der Waals surface area contributed by atoms with Gasteiger partial charge in [-0.05, 0) is 32.0 Å². The Hall–Kier alpha value is -4.33. The molecular formula is C24H26ClN11O2. The number of benzene rings is 1. The number of piperazine rings is 1. The van der Waals surface area contributed by atoms with Gasteiger partial charge in [-0.15, -0.1) is 5.10 Å². The van der Waals surface area contributed by atoms with Crippen LogP contribution >= 0.6 is 11.6 Å². The summed E-state index contributed by atoms with van der Waals surface area (Å²) in [7, 11) is 3.32. The average Bonchev–Trinajstić information content (AvgIpc) is 3.64. The third-order valence-electron chi connectivity index (χ3n) is 6.61. The Bertz CT molecular complexity index is 1460. The minimum absolute atomic E-state index is 0.00788.